The van der Waals surface area contributed by atoms with Crippen LogP contribution in [0.25, 0.3) is 0 Å². The highest BCUT2D eigenvalue weighted by atomic mass is 32.3. The van der Waals surface area contributed by atoms with Gasteiger partial charge in [-0.25, -0.2) is 4.79 Å². The van der Waals surface area contributed by atoms with Crippen molar-refractivity contribution < 1.29 is 42.5 Å². The normalized spacial score (nSPS) is 11.5. The molecule has 0 atom stereocenters. The van der Waals surface area contributed by atoms with Crippen LogP contribution in [0.5, 0.6) is 40.2 Å². The molecule has 4 rings (SSSR count). The van der Waals surface area contributed by atoms with E-state index in [0.717, 1.165) is 77.0 Å². The topological polar surface area (TPSA) is 102 Å². The zero-order valence-electron chi connectivity index (χ0n) is 36.4. The largest absolute Gasteiger partial charge is 0.507 e. The summed E-state index contributed by atoms with van der Waals surface area (Å²) in [5.74, 6) is 2.10. The van der Waals surface area contributed by atoms with Crippen LogP contribution in [0.15, 0.2) is 93.5 Å². The molecule has 0 aliphatic carbocycles. The van der Waals surface area contributed by atoms with Gasteiger partial charge in [-0.2, -0.15) is 0 Å². The Morgan fingerprint density at radius 2 is 0.814 bits per heavy atom. The Labute approximate surface area is 355 Å². The Morgan fingerprint density at radius 1 is 0.475 bits per heavy atom. The van der Waals surface area contributed by atoms with Gasteiger partial charge in [0.25, 0.3) is 0 Å². The van der Waals surface area contributed by atoms with Crippen molar-refractivity contribution in [2.75, 3.05) is 39.6 Å². The SMILES string of the molecule is CCCCOc1cc(OCCCC)c(S(OC(=O)c2ccccc2O)(c2ccccc2)c2c(OCCCC)cc(OCCCC)cc2OCCCC)c(OCCCC)c1. The van der Waals surface area contributed by atoms with Gasteiger partial charge in [0.1, 0.15) is 55.6 Å². The first-order valence-electron chi connectivity index (χ1n) is 21.9. The Balaban J connectivity index is 2.27. The van der Waals surface area contributed by atoms with Crippen molar-refractivity contribution in [3.63, 3.8) is 0 Å². The zero-order valence-corrected chi connectivity index (χ0v) is 37.2. The molecule has 324 valence electrons. The van der Waals surface area contributed by atoms with Gasteiger partial charge >= 0.3 is 5.97 Å². The van der Waals surface area contributed by atoms with Crippen molar-refractivity contribution in [3.8, 4) is 40.2 Å². The van der Waals surface area contributed by atoms with E-state index in [2.05, 4.69) is 41.5 Å². The van der Waals surface area contributed by atoms with Crippen molar-refractivity contribution >= 4 is 16.3 Å². The third-order valence-electron chi connectivity index (χ3n) is 9.52. The fourth-order valence-corrected chi connectivity index (χ4v) is 9.53. The Bertz CT molecular complexity index is 1690. The van der Waals surface area contributed by atoms with Crippen LogP contribution in [0.1, 0.15) is 129 Å². The first-order chi connectivity index (χ1) is 28.9. The maximum Gasteiger partial charge on any atom is 0.353 e. The molecule has 4 aromatic rings. The number of phenols is 1. The van der Waals surface area contributed by atoms with Crippen molar-refractivity contribution in [3.05, 3.63) is 84.4 Å². The molecule has 0 saturated heterocycles. The summed E-state index contributed by atoms with van der Waals surface area (Å²) >= 11 is 0. The average Bonchev–Trinajstić information content (AvgIpc) is 3.24. The summed E-state index contributed by atoms with van der Waals surface area (Å²) in [5.41, 5.74) is 0.0168. The highest BCUT2D eigenvalue weighted by Crippen LogP contribution is 2.77. The molecule has 0 fully saturated rings. The van der Waals surface area contributed by atoms with Crippen LogP contribution in [-0.2, 0) is 4.18 Å². The summed E-state index contributed by atoms with van der Waals surface area (Å²) in [4.78, 5) is 16.7. The van der Waals surface area contributed by atoms with Crippen LogP contribution in [-0.4, -0.2) is 50.7 Å². The number of carbonyl (C=O) groups is 1. The van der Waals surface area contributed by atoms with E-state index < -0.39 is 16.3 Å². The quantitative estimate of drug-likeness (QED) is 0.0536. The van der Waals surface area contributed by atoms with Gasteiger partial charge < -0.3 is 37.7 Å². The zero-order chi connectivity index (χ0) is 42.3. The summed E-state index contributed by atoms with van der Waals surface area (Å²) in [5, 5.41) is 11.1. The second-order valence-corrected chi connectivity index (χ2v) is 17.0. The fraction of sp³-hybridized carbons (Fsp3) is 0.490. The lowest BCUT2D eigenvalue weighted by molar-refractivity contribution is 0.0753. The number of hydrogen-bond acceptors (Lipinski definition) is 9. The van der Waals surface area contributed by atoms with Gasteiger partial charge in [0.15, 0.2) is 0 Å². The van der Waals surface area contributed by atoms with Crippen LogP contribution in [0.3, 0.4) is 0 Å². The molecule has 0 amide bonds. The number of phenolic OH excluding ortho intramolecular Hbond substituents is 1. The number of ether oxygens (including phenoxy) is 6. The Morgan fingerprint density at radius 3 is 1.17 bits per heavy atom. The average molecular weight is 833 g/mol. The molecule has 0 aliphatic rings. The summed E-state index contributed by atoms with van der Waals surface area (Å²) < 4.78 is 47.2. The number of para-hydroxylation sites is 1. The minimum Gasteiger partial charge on any atom is -0.507 e. The van der Waals surface area contributed by atoms with Crippen LogP contribution in [0, 0.1) is 0 Å². The van der Waals surface area contributed by atoms with Crippen molar-refractivity contribution in [2.24, 2.45) is 0 Å². The van der Waals surface area contributed by atoms with Gasteiger partial charge in [0.05, 0.1) is 39.6 Å². The predicted octanol–water partition coefficient (Wildman–Crippen LogP) is 13.5. The van der Waals surface area contributed by atoms with Gasteiger partial charge in [-0.05, 0) is 62.8 Å². The summed E-state index contributed by atoms with van der Waals surface area (Å²) in [6.45, 7) is 15.4. The van der Waals surface area contributed by atoms with E-state index >= 15 is 0 Å². The van der Waals surface area contributed by atoms with E-state index in [1.54, 1.807) is 18.2 Å². The van der Waals surface area contributed by atoms with Crippen LogP contribution in [0.2, 0.25) is 0 Å². The van der Waals surface area contributed by atoms with E-state index in [0.29, 0.717) is 88.8 Å². The first kappa shape index (κ1) is 47.0. The standard InChI is InChI=1S/C49H68O9S/c1-7-13-28-52-38-34-43(54-30-15-9-3)47(44(35-38)55-31-16-10-4)59(40-24-20-19-21-25-40,58-49(51)41-26-22-23-27-42(41)50)48-45(56-32-17-11-5)36-39(53-29-14-8-2)37-46(48)57-33-18-12-6/h19-27,34-37,50H,7-18,28-33H2,1-6H3. The van der Waals surface area contributed by atoms with Crippen LogP contribution in [0.4, 0.5) is 0 Å². The lowest BCUT2D eigenvalue weighted by Crippen LogP contribution is -2.19. The lowest BCUT2D eigenvalue weighted by Gasteiger charge is -2.42. The van der Waals surface area contributed by atoms with E-state index in [1.807, 2.05) is 54.6 Å². The highest BCUT2D eigenvalue weighted by Gasteiger charge is 2.46. The predicted molar refractivity (Wildman–Crippen MR) is 238 cm³/mol. The van der Waals surface area contributed by atoms with E-state index in [-0.39, 0.29) is 11.3 Å². The lowest BCUT2D eigenvalue weighted by atomic mass is 10.2. The van der Waals surface area contributed by atoms with Crippen molar-refractivity contribution in [1.82, 2.24) is 0 Å². The molecule has 9 nitrogen and oxygen atoms in total. The van der Waals surface area contributed by atoms with Gasteiger partial charge in [-0.3, -0.25) is 0 Å². The highest BCUT2D eigenvalue weighted by molar-refractivity contribution is 8.30. The molecule has 0 unspecified atom stereocenters. The minimum absolute atomic E-state index is 0.0168. The maximum absolute atomic E-state index is 15.0. The number of hydrogen-bond donors (Lipinski definition) is 1. The third-order valence-corrected chi connectivity index (χ3v) is 12.8. The van der Waals surface area contributed by atoms with E-state index in [9.17, 15) is 9.90 Å². The number of unbranched alkanes of at least 4 members (excludes halogenated alkanes) is 6. The minimum atomic E-state index is -3.32. The molecule has 4 aromatic carbocycles. The molecule has 0 radical (unpaired) electrons. The van der Waals surface area contributed by atoms with Crippen LogP contribution < -0.4 is 28.4 Å². The Kier molecular flexibility index (Phi) is 20.5. The molecule has 0 heterocycles. The molecular weight excluding hydrogens is 765 g/mol. The maximum atomic E-state index is 15.0. The second-order valence-electron chi connectivity index (χ2n) is 14.5. The van der Waals surface area contributed by atoms with E-state index in [1.165, 1.54) is 6.07 Å². The monoisotopic (exact) mass is 832 g/mol. The number of benzene rings is 4. The molecule has 0 bridgehead atoms. The molecule has 1 N–H and O–H groups in total. The summed E-state index contributed by atoms with van der Waals surface area (Å²) in [6.07, 6.45) is 10.5. The number of carbonyl (C=O) groups excluding carboxylic acids is 1. The third kappa shape index (κ3) is 13.1. The molecule has 59 heavy (non-hydrogen) atoms. The molecule has 0 aliphatic heterocycles. The fourth-order valence-electron chi connectivity index (χ4n) is 6.13. The molecule has 0 spiro atoms. The molecular formula is C49H68O9S. The van der Waals surface area contributed by atoms with Crippen molar-refractivity contribution in [2.45, 2.75) is 133 Å². The van der Waals surface area contributed by atoms with Gasteiger partial charge in [0, 0.05) is 39.5 Å². The second kappa shape index (κ2) is 25.7. The summed E-state index contributed by atoms with van der Waals surface area (Å²) in [7, 11) is -3.32. The Hall–Kier alpha value is -4.70. The van der Waals surface area contributed by atoms with Gasteiger partial charge in [-0.15, -0.1) is 0 Å². The molecule has 0 saturated carbocycles. The summed E-state index contributed by atoms with van der Waals surface area (Å²) in [6, 6.07) is 23.7. The molecule has 0 aromatic heterocycles. The number of aromatic hydroxyl groups is 1. The molecule has 10 heteroatoms. The van der Waals surface area contributed by atoms with Crippen LogP contribution >= 0.6 is 10.3 Å². The smallest absolute Gasteiger partial charge is 0.353 e. The number of rotatable bonds is 29. The van der Waals surface area contributed by atoms with Gasteiger partial charge in [0.2, 0.25) is 0 Å². The first-order valence-corrected chi connectivity index (χ1v) is 23.5. The van der Waals surface area contributed by atoms with Gasteiger partial charge in [-0.1, -0.05) is 110 Å². The van der Waals surface area contributed by atoms with E-state index in [4.69, 9.17) is 32.6 Å². The van der Waals surface area contributed by atoms with Crippen molar-refractivity contribution in [1.29, 1.82) is 0 Å².